The van der Waals surface area contributed by atoms with Crippen molar-refractivity contribution < 1.29 is 19.1 Å². The van der Waals surface area contributed by atoms with Crippen LogP contribution in [0.1, 0.15) is 47.2 Å². The number of esters is 1. The van der Waals surface area contributed by atoms with Gasteiger partial charge in [0.1, 0.15) is 12.0 Å². The number of halogens is 1. The smallest absolute Gasteiger partial charge is 0.337 e. The van der Waals surface area contributed by atoms with Crippen LogP contribution in [-0.4, -0.2) is 39.1 Å². The minimum absolute atomic E-state index is 0.152. The third-order valence-electron chi connectivity index (χ3n) is 7.83. The van der Waals surface area contributed by atoms with Gasteiger partial charge in [-0.1, -0.05) is 23.7 Å². The van der Waals surface area contributed by atoms with Crippen molar-refractivity contribution in [2.75, 3.05) is 31.7 Å². The second-order valence-corrected chi connectivity index (χ2v) is 10.2. The van der Waals surface area contributed by atoms with E-state index in [4.69, 9.17) is 21.1 Å². The Labute approximate surface area is 205 Å². The van der Waals surface area contributed by atoms with Gasteiger partial charge in [0.05, 0.1) is 25.0 Å². The van der Waals surface area contributed by atoms with Gasteiger partial charge in [-0.15, -0.1) is 0 Å². The van der Waals surface area contributed by atoms with Crippen molar-refractivity contribution in [2.45, 2.75) is 37.5 Å². The predicted octanol–water partition coefficient (Wildman–Crippen LogP) is 5.38. The van der Waals surface area contributed by atoms with Gasteiger partial charge in [0, 0.05) is 23.5 Å². The number of carbonyl (C=O) groups is 2. The average molecular weight is 480 g/mol. The van der Waals surface area contributed by atoms with E-state index in [9.17, 15) is 9.59 Å². The number of aldehydes is 1. The standard InChI is InChI=1S/C28H30ClNO4/c1-33-27(32)21-8-11-26-25(15-21)30(16-22-7-6-19(22)5-3-13-31)17-28(18-34-26)12-2-4-20-14-23(29)9-10-24(20)28/h3,5,8-11,13-15,19,22H,2,4,6-7,12,16-18H2,1H3/b5-3+/t19-,22+,28+/m1/s1. The van der Waals surface area contributed by atoms with E-state index < -0.39 is 0 Å². The number of methoxy groups -OCH3 is 1. The molecule has 0 saturated heterocycles. The van der Waals surface area contributed by atoms with Crippen LogP contribution in [-0.2, 0) is 21.4 Å². The highest BCUT2D eigenvalue weighted by Gasteiger charge is 2.43. The van der Waals surface area contributed by atoms with Crippen LogP contribution in [0.25, 0.3) is 0 Å². The van der Waals surface area contributed by atoms with Gasteiger partial charge in [-0.05, 0) is 91.5 Å². The molecule has 34 heavy (non-hydrogen) atoms. The number of benzene rings is 2. The number of hydrogen-bond donors (Lipinski definition) is 0. The number of fused-ring (bicyclic) bond motifs is 3. The van der Waals surface area contributed by atoms with Crippen LogP contribution in [0.15, 0.2) is 48.6 Å². The molecule has 0 amide bonds. The van der Waals surface area contributed by atoms with Crippen LogP contribution in [0, 0.1) is 11.8 Å². The number of anilines is 1. The minimum Gasteiger partial charge on any atom is -0.490 e. The Morgan fingerprint density at radius 3 is 2.91 bits per heavy atom. The summed E-state index contributed by atoms with van der Waals surface area (Å²) in [7, 11) is 1.40. The van der Waals surface area contributed by atoms with Crippen LogP contribution in [0.2, 0.25) is 5.02 Å². The number of nitrogens with zero attached hydrogens (tertiary/aromatic N) is 1. The Bertz CT molecular complexity index is 1130. The molecule has 2 aliphatic carbocycles. The van der Waals surface area contributed by atoms with Crippen molar-refractivity contribution in [1.82, 2.24) is 0 Å². The van der Waals surface area contributed by atoms with Gasteiger partial charge in [-0.25, -0.2) is 4.79 Å². The van der Waals surface area contributed by atoms with E-state index in [0.717, 1.165) is 67.9 Å². The Morgan fingerprint density at radius 2 is 2.15 bits per heavy atom. The lowest BCUT2D eigenvalue weighted by atomic mass is 9.69. The van der Waals surface area contributed by atoms with Crippen molar-refractivity contribution >= 4 is 29.5 Å². The van der Waals surface area contributed by atoms with Crippen LogP contribution in [0.3, 0.4) is 0 Å². The molecule has 0 radical (unpaired) electrons. The van der Waals surface area contributed by atoms with E-state index >= 15 is 0 Å². The average Bonchev–Trinajstić information content (AvgIpc) is 2.98. The molecule has 6 heteroatoms. The fourth-order valence-electron chi connectivity index (χ4n) is 5.90. The Hall–Kier alpha value is -2.79. The molecule has 1 saturated carbocycles. The molecule has 5 nitrogen and oxygen atoms in total. The number of carbonyl (C=O) groups excluding carboxylic acids is 2. The van der Waals surface area contributed by atoms with Gasteiger partial charge in [0.15, 0.2) is 0 Å². The molecule has 1 aliphatic heterocycles. The van der Waals surface area contributed by atoms with E-state index in [0.29, 0.717) is 24.0 Å². The van der Waals surface area contributed by atoms with Gasteiger partial charge in [-0.3, -0.25) is 4.79 Å². The molecule has 3 aliphatic rings. The third kappa shape index (κ3) is 4.22. The molecule has 0 bridgehead atoms. The normalized spacial score (nSPS) is 25.6. The fourth-order valence-corrected chi connectivity index (χ4v) is 6.10. The molecule has 3 atom stereocenters. The van der Waals surface area contributed by atoms with E-state index in [1.807, 2.05) is 24.3 Å². The first-order valence-electron chi connectivity index (χ1n) is 12.0. The van der Waals surface area contributed by atoms with Crippen molar-refractivity contribution in [3.63, 3.8) is 0 Å². The first-order chi connectivity index (χ1) is 16.5. The molecule has 2 aromatic carbocycles. The van der Waals surface area contributed by atoms with Crippen LogP contribution >= 0.6 is 11.6 Å². The summed E-state index contributed by atoms with van der Waals surface area (Å²) in [6.45, 7) is 2.24. The highest BCUT2D eigenvalue weighted by atomic mass is 35.5. The maximum absolute atomic E-state index is 12.3. The SMILES string of the molecule is COC(=O)c1ccc2c(c1)N(C[C@@H]1CC[C@H]1/C=C/C=O)C[C@@]1(CCCc3cc(Cl)ccc31)CO2. The Morgan fingerprint density at radius 1 is 1.26 bits per heavy atom. The number of hydrogen-bond acceptors (Lipinski definition) is 5. The maximum Gasteiger partial charge on any atom is 0.337 e. The van der Waals surface area contributed by atoms with Crippen LogP contribution in [0.5, 0.6) is 5.75 Å². The summed E-state index contributed by atoms with van der Waals surface area (Å²) in [5, 5.41) is 0.771. The van der Waals surface area contributed by atoms with Gasteiger partial charge >= 0.3 is 5.97 Å². The molecular weight excluding hydrogens is 450 g/mol. The monoisotopic (exact) mass is 479 g/mol. The first kappa shape index (κ1) is 23.0. The quantitative estimate of drug-likeness (QED) is 0.327. The minimum atomic E-state index is -0.352. The van der Waals surface area contributed by atoms with Crippen LogP contribution in [0.4, 0.5) is 5.69 Å². The molecule has 0 aromatic heterocycles. The summed E-state index contributed by atoms with van der Waals surface area (Å²) in [6.07, 6.45) is 9.88. The van der Waals surface area contributed by atoms with Crippen molar-refractivity contribution in [1.29, 1.82) is 0 Å². The third-order valence-corrected chi connectivity index (χ3v) is 8.06. The Balaban J connectivity index is 1.54. The van der Waals surface area contributed by atoms with Gasteiger partial charge in [0.2, 0.25) is 0 Å². The molecule has 1 fully saturated rings. The molecular formula is C28H30ClNO4. The first-order valence-corrected chi connectivity index (χ1v) is 12.4. The van der Waals surface area contributed by atoms with Crippen molar-refractivity contribution in [3.05, 3.63) is 70.3 Å². The molecule has 0 unspecified atom stereocenters. The molecule has 1 heterocycles. The molecule has 178 valence electrons. The summed E-state index contributed by atoms with van der Waals surface area (Å²) < 4.78 is 11.4. The molecule has 5 rings (SSSR count). The maximum atomic E-state index is 12.3. The molecule has 2 aromatic rings. The lowest BCUT2D eigenvalue weighted by molar-refractivity contribution is -0.104. The van der Waals surface area contributed by atoms with E-state index in [1.165, 1.54) is 18.2 Å². The zero-order chi connectivity index (χ0) is 23.7. The lowest BCUT2D eigenvalue weighted by Crippen LogP contribution is -2.48. The molecule has 0 N–H and O–H groups in total. The summed E-state index contributed by atoms with van der Waals surface area (Å²) in [4.78, 5) is 25.6. The second kappa shape index (κ2) is 9.46. The summed E-state index contributed by atoms with van der Waals surface area (Å²) >= 11 is 6.33. The van der Waals surface area contributed by atoms with Gasteiger partial charge < -0.3 is 14.4 Å². The van der Waals surface area contributed by atoms with Crippen molar-refractivity contribution in [2.24, 2.45) is 11.8 Å². The van der Waals surface area contributed by atoms with Crippen molar-refractivity contribution in [3.8, 4) is 5.75 Å². The van der Waals surface area contributed by atoms with E-state index in [1.54, 1.807) is 12.1 Å². The zero-order valence-electron chi connectivity index (χ0n) is 19.5. The van der Waals surface area contributed by atoms with Gasteiger partial charge in [-0.2, -0.15) is 0 Å². The number of ether oxygens (including phenoxy) is 2. The summed E-state index contributed by atoms with van der Waals surface area (Å²) in [5.41, 5.74) is 3.93. The lowest BCUT2D eigenvalue weighted by Gasteiger charge is -2.44. The number of rotatable bonds is 5. The number of allylic oxidation sites excluding steroid dienone is 2. The molecule has 1 spiro atoms. The highest BCUT2D eigenvalue weighted by Crippen LogP contribution is 2.46. The van der Waals surface area contributed by atoms with Gasteiger partial charge in [0.25, 0.3) is 0 Å². The van der Waals surface area contributed by atoms with Crippen LogP contribution < -0.4 is 9.64 Å². The Kier molecular flexibility index (Phi) is 6.39. The zero-order valence-corrected chi connectivity index (χ0v) is 20.2. The second-order valence-electron chi connectivity index (χ2n) is 9.80. The predicted molar refractivity (Wildman–Crippen MR) is 133 cm³/mol. The summed E-state index contributed by atoms with van der Waals surface area (Å²) in [5.74, 6) is 1.30. The largest absolute Gasteiger partial charge is 0.490 e. The van der Waals surface area contributed by atoms with E-state index in [2.05, 4.69) is 17.0 Å². The van der Waals surface area contributed by atoms with E-state index in [-0.39, 0.29) is 11.4 Å². The summed E-state index contributed by atoms with van der Waals surface area (Å²) in [6, 6.07) is 11.8. The topological polar surface area (TPSA) is 55.8 Å². The number of aryl methyl sites for hydroxylation is 1. The fraction of sp³-hybridized carbons (Fsp3) is 0.429. The highest BCUT2D eigenvalue weighted by molar-refractivity contribution is 6.30.